The molecule has 0 saturated heterocycles. The molecular formula is C10H9BrFNO. The number of hydrogen-bond donors (Lipinski definition) is 1. The van der Waals surface area contributed by atoms with Crippen LogP contribution in [0.4, 0.5) is 4.39 Å². The minimum atomic E-state index is -0.539. The van der Waals surface area contributed by atoms with E-state index in [1.165, 1.54) is 18.2 Å². The van der Waals surface area contributed by atoms with Crippen LogP contribution >= 0.6 is 15.9 Å². The van der Waals surface area contributed by atoms with Crippen molar-refractivity contribution in [3.8, 4) is 0 Å². The van der Waals surface area contributed by atoms with Crippen molar-refractivity contribution in [2.24, 2.45) is 5.73 Å². The topological polar surface area (TPSA) is 43.1 Å². The Morgan fingerprint density at radius 3 is 2.64 bits per heavy atom. The van der Waals surface area contributed by atoms with E-state index in [4.69, 9.17) is 5.73 Å². The molecule has 14 heavy (non-hydrogen) atoms. The highest BCUT2D eigenvalue weighted by atomic mass is 79.9. The molecule has 2 N–H and O–H groups in total. The maximum atomic E-state index is 13.0. The Bertz CT molecular complexity index is 381. The molecule has 0 unspecified atom stereocenters. The van der Waals surface area contributed by atoms with Gasteiger partial charge >= 0.3 is 0 Å². The zero-order valence-electron chi connectivity index (χ0n) is 7.55. The van der Waals surface area contributed by atoms with E-state index in [-0.39, 0.29) is 5.82 Å². The highest BCUT2D eigenvalue weighted by Gasteiger charge is 2.01. The fraction of sp³-hybridized carbons (Fsp3) is 0.100. The van der Waals surface area contributed by atoms with Crippen molar-refractivity contribution in [3.05, 3.63) is 40.1 Å². The van der Waals surface area contributed by atoms with Crippen molar-refractivity contribution in [2.45, 2.75) is 6.92 Å². The number of amides is 1. The molecule has 0 aliphatic rings. The first-order valence-electron chi connectivity index (χ1n) is 3.93. The number of benzene rings is 1. The molecule has 1 aromatic carbocycles. The van der Waals surface area contributed by atoms with Crippen molar-refractivity contribution in [1.29, 1.82) is 0 Å². The fourth-order valence-corrected chi connectivity index (χ4v) is 1.54. The number of hydrogen-bond acceptors (Lipinski definition) is 1. The second kappa shape index (κ2) is 4.37. The lowest BCUT2D eigenvalue weighted by atomic mass is 10.1. The van der Waals surface area contributed by atoms with Crippen LogP contribution in [0.5, 0.6) is 0 Å². The summed E-state index contributed by atoms with van der Waals surface area (Å²) in [6.07, 6.45) is 1.27. The molecule has 0 aromatic heterocycles. The van der Waals surface area contributed by atoms with Crippen LogP contribution in [0.25, 0.3) is 5.57 Å². The molecule has 1 rings (SSSR count). The summed E-state index contributed by atoms with van der Waals surface area (Å²) in [6, 6.07) is 4.42. The third-order valence-electron chi connectivity index (χ3n) is 1.68. The van der Waals surface area contributed by atoms with E-state index in [0.29, 0.717) is 15.6 Å². The monoisotopic (exact) mass is 257 g/mol. The van der Waals surface area contributed by atoms with Gasteiger partial charge in [-0.25, -0.2) is 4.39 Å². The van der Waals surface area contributed by atoms with Crippen LogP contribution in [0.3, 0.4) is 0 Å². The van der Waals surface area contributed by atoms with E-state index in [0.717, 1.165) is 0 Å². The van der Waals surface area contributed by atoms with E-state index in [1.54, 1.807) is 13.0 Å². The molecule has 1 amide bonds. The Kier molecular flexibility index (Phi) is 3.41. The summed E-state index contributed by atoms with van der Waals surface area (Å²) in [5.74, 6) is -0.894. The molecule has 4 heteroatoms. The standard InChI is InChI=1S/C10H9BrFNO/c1-6(2-10(13)14)7-3-8(11)5-9(12)4-7/h2-5H,1H3,(H2,13,14)/b6-2+. The average Bonchev–Trinajstić information content (AvgIpc) is 2.00. The first-order valence-corrected chi connectivity index (χ1v) is 4.72. The summed E-state index contributed by atoms with van der Waals surface area (Å²) < 4.78 is 13.6. The minimum Gasteiger partial charge on any atom is -0.366 e. The van der Waals surface area contributed by atoms with Gasteiger partial charge in [-0.3, -0.25) is 4.79 Å². The summed E-state index contributed by atoms with van der Waals surface area (Å²) in [7, 11) is 0. The predicted octanol–water partition coefficient (Wildman–Crippen LogP) is 2.48. The number of rotatable bonds is 2. The normalized spacial score (nSPS) is 11.5. The largest absolute Gasteiger partial charge is 0.366 e. The van der Waals surface area contributed by atoms with Crippen molar-refractivity contribution < 1.29 is 9.18 Å². The van der Waals surface area contributed by atoms with Gasteiger partial charge in [0, 0.05) is 10.5 Å². The lowest BCUT2D eigenvalue weighted by Crippen LogP contribution is -2.06. The van der Waals surface area contributed by atoms with Gasteiger partial charge in [-0.05, 0) is 36.3 Å². The number of nitrogens with two attached hydrogens (primary N) is 1. The first-order chi connectivity index (χ1) is 6.49. The van der Waals surface area contributed by atoms with Crippen LogP contribution in [0, 0.1) is 5.82 Å². The van der Waals surface area contributed by atoms with E-state index in [9.17, 15) is 9.18 Å². The molecule has 0 spiro atoms. The van der Waals surface area contributed by atoms with Crippen LogP contribution in [-0.4, -0.2) is 5.91 Å². The molecule has 0 aliphatic heterocycles. The van der Waals surface area contributed by atoms with E-state index >= 15 is 0 Å². The molecule has 0 heterocycles. The number of allylic oxidation sites excluding steroid dienone is 1. The molecule has 0 radical (unpaired) electrons. The zero-order chi connectivity index (χ0) is 10.7. The van der Waals surface area contributed by atoms with Gasteiger partial charge in [0.2, 0.25) is 5.91 Å². The van der Waals surface area contributed by atoms with Gasteiger partial charge in [0.05, 0.1) is 0 Å². The van der Waals surface area contributed by atoms with Crippen LogP contribution < -0.4 is 5.73 Å². The van der Waals surface area contributed by atoms with E-state index < -0.39 is 5.91 Å². The third-order valence-corrected chi connectivity index (χ3v) is 2.13. The summed E-state index contributed by atoms with van der Waals surface area (Å²) in [4.78, 5) is 10.6. The third kappa shape index (κ3) is 2.96. The fourth-order valence-electron chi connectivity index (χ4n) is 1.08. The van der Waals surface area contributed by atoms with Gasteiger partial charge in [0.1, 0.15) is 5.82 Å². The zero-order valence-corrected chi connectivity index (χ0v) is 9.14. The van der Waals surface area contributed by atoms with E-state index in [1.807, 2.05) is 0 Å². The van der Waals surface area contributed by atoms with Crippen LogP contribution in [0.2, 0.25) is 0 Å². The average molecular weight is 258 g/mol. The first kappa shape index (κ1) is 10.9. The second-order valence-corrected chi connectivity index (χ2v) is 3.80. The summed E-state index contributed by atoms with van der Waals surface area (Å²) in [5.41, 5.74) is 6.26. The van der Waals surface area contributed by atoms with Crippen molar-refractivity contribution in [3.63, 3.8) is 0 Å². The van der Waals surface area contributed by atoms with Crippen molar-refractivity contribution >= 4 is 27.4 Å². The van der Waals surface area contributed by atoms with Gasteiger partial charge in [-0.1, -0.05) is 15.9 Å². The minimum absolute atomic E-state index is 0.355. The summed E-state index contributed by atoms with van der Waals surface area (Å²) >= 11 is 3.16. The summed E-state index contributed by atoms with van der Waals surface area (Å²) in [6.45, 7) is 1.70. The lowest BCUT2D eigenvalue weighted by Gasteiger charge is -2.01. The maximum absolute atomic E-state index is 13.0. The van der Waals surface area contributed by atoms with Crippen LogP contribution in [0.15, 0.2) is 28.7 Å². The Balaban J connectivity index is 3.13. The smallest absolute Gasteiger partial charge is 0.241 e. The highest BCUT2D eigenvalue weighted by molar-refractivity contribution is 9.10. The molecule has 2 nitrogen and oxygen atoms in total. The van der Waals surface area contributed by atoms with Crippen LogP contribution in [-0.2, 0) is 4.79 Å². The molecule has 0 atom stereocenters. The van der Waals surface area contributed by atoms with Gasteiger partial charge in [-0.2, -0.15) is 0 Å². The van der Waals surface area contributed by atoms with E-state index in [2.05, 4.69) is 15.9 Å². The van der Waals surface area contributed by atoms with Crippen molar-refractivity contribution in [1.82, 2.24) is 0 Å². The quantitative estimate of drug-likeness (QED) is 0.813. The maximum Gasteiger partial charge on any atom is 0.241 e. The van der Waals surface area contributed by atoms with Gasteiger partial charge in [0.15, 0.2) is 0 Å². The molecule has 0 saturated carbocycles. The lowest BCUT2D eigenvalue weighted by molar-refractivity contribution is -0.113. The molecule has 0 aliphatic carbocycles. The van der Waals surface area contributed by atoms with Crippen LogP contribution in [0.1, 0.15) is 12.5 Å². The van der Waals surface area contributed by atoms with Gasteiger partial charge < -0.3 is 5.73 Å². The highest BCUT2D eigenvalue weighted by Crippen LogP contribution is 2.20. The number of halogens is 2. The molecule has 0 bridgehead atoms. The Labute approximate surface area is 89.7 Å². The summed E-state index contributed by atoms with van der Waals surface area (Å²) in [5, 5.41) is 0. The van der Waals surface area contributed by atoms with Gasteiger partial charge in [0.25, 0.3) is 0 Å². The Morgan fingerprint density at radius 2 is 2.14 bits per heavy atom. The SMILES string of the molecule is C/C(=C\C(N)=O)c1cc(F)cc(Br)c1. The second-order valence-electron chi connectivity index (χ2n) is 2.89. The predicted molar refractivity (Wildman–Crippen MR) is 56.9 cm³/mol. The number of carbonyl (C=O) groups is 1. The number of primary amides is 1. The van der Waals surface area contributed by atoms with Crippen molar-refractivity contribution in [2.75, 3.05) is 0 Å². The molecule has 74 valence electrons. The van der Waals surface area contributed by atoms with Gasteiger partial charge in [-0.15, -0.1) is 0 Å². The molecule has 1 aromatic rings. The Hall–Kier alpha value is -1.16. The molecular weight excluding hydrogens is 249 g/mol. The Morgan fingerprint density at radius 1 is 1.50 bits per heavy atom. The molecule has 0 fully saturated rings. The number of carbonyl (C=O) groups excluding carboxylic acids is 1.